The van der Waals surface area contributed by atoms with Gasteiger partial charge in [0, 0.05) is 12.5 Å². The zero-order valence-corrected chi connectivity index (χ0v) is 11.5. The van der Waals surface area contributed by atoms with Crippen LogP contribution in [0.4, 0.5) is 0 Å². The molecule has 110 valence electrons. The van der Waals surface area contributed by atoms with Crippen LogP contribution in [0.3, 0.4) is 0 Å². The first-order valence-corrected chi connectivity index (χ1v) is 7.45. The molecule has 7 nitrogen and oxygen atoms in total. The lowest BCUT2D eigenvalue weighted by atomic mass is 9.69. The number of aromatic nitrogens is 4. The summed E-state index contributed by atoms with van der Waals surface area (Å²) in [5, 5.41) is 26.6. The number of tetrazole rings is 1. The van der Waals surface area contributed by atoms with Crippen molar-refractivity contribution >= 4 is 5.97 Å². The summed E-state index contributed by atoms with van der Waals surface area (Å²) in [6.45, 7) is 0. The normalized spacial score (nSPS) is 33.6. The molecule has 1 aliphatic carbocycles. The van der Waals surface area contributed by atoms with Crippen LogP contribution >= 0.6 is 0 Å². The van der Waals surface area contributed by atoms with Gasteiger partial charge >= 0.3 is 5.97 Å². The van der Waals surface area contributed by atoms with Gasteiger partial charge in [0.05, 0.1) is 0 Å². The summed E-state index contributed by atoms with van der Waals surface area (Å²) in [6.07, 6.45) is 7.28. The number of H-pyrrole nitrogens is 1. The van der Waals surface area contributed by atoms with E-state index in [4.69, 9.17) is 0 Å². The smallest absolute Gasteiger partial charge is 0.320 e. The standard InChI is InChI=1S/C13H21N5O2/c19-13(20)11-7-8-3-1-2-4-9(8)10(14-11)5-6-12-15-17-18-16-12/h8-11,14H,1-7H2,(H,19,20)(H,15,16,17,18). The maximum Gasteiger partial charge on any atom is 0.320 e. The number of piperidine rings is 1. The van der Waals surface area contributed by atoms with E-state index in [1.165, 1.54) is 25.7 Å². The SMILES string of the molecule is O=C(O)C1CC2CCCCC2C(CCc2nn[nH]n2)N1. The van der Waals surface area contributed by atoms with E-state index in [0.29, 0.717) is 17.7 Å². The molecule has 0 aromatic carbocycles. The van der Waals surface area contributed by atoms with Gasteiger partial charge in [-0.25, -0.2) is 0 Å². The van der Waals surface area contributed by atoms with Crippen LogP contribution in [0.2, 0.25) is 0 Å². The maximum absolute atomic E-state index is 11.3. The van der Waals surface area contributed by atoms with Crippen LogP contribution in [-0.2, 0) is 11.2 Å². The number of aryl methyl sites for hydroxylation is 1. The Morgan fingerprint density at radius 2 is 2.20 bits per heavy atom. The quantitative estimate of drug-likeness (QED) is 0.751. The lowest BCUT2D eigenvalue weighted by Crippen LogP contribution is -2.55. The second-order valence-corrected chi connectivity index (χ2v) is 5.97. The Morgan fingerprint density at radius 3 is 2.95 bits per heavy atom. The first kappa shape index (κ1) is 13.5. The number of carboxylic acids is 1. The number of nitrogens with zero attached hydrogens (tertiary/aromatic N) is 3. The third kappa shape index (κ3) is 2.82. The molecule has 1 aromatic rings. The van der Waals surface area contributed by atoms with Gasteiger partial charge in [0.25, 0.3) is 0 Å². The predicted octanol–water partition coefficient (Wildman–Crippen LogP) is 0.754. The molecule has 2 aliphatic rings. The molecule has 4 atom stereocenters. The number of hydrogen-bond donors (Lipinski definition) is 3. The van der Waals surface area contributed by atoms with Crippen molar-refractivity contribution in [3.05, 3.63) is 5.82 Å². The molecule has 0 spiro atoms. The molecule has 4 unspecified atom stereocenters. The van der Waals surface area contributed by atoms with Crippen molar-refractivity contribution in [1.29, 1.82) is 0 Å². The third-order valence-electron chi connectivity index (χ3n) is 4.80. The van der Waals surface area contributed by atoms with E-state index >= 15 is 0 Å². The number of fused-ring (bicyclic) bond motifs is 1. The summed E-state index contributed by atoms with van der Waals surface area (Å²) in [5.41, 5.74) is 0. The van der Waals surface area contributed by atoms with Crippen LogP contribution in [0.15, 0.2) is 0 Å². The van der Waals surface area contributed by atoms with E-state index in [1.807, 2.05) is 0 Å². The first-order valence-electron chi connectivity index (χ1n) is 7.45. The summed E-state index contributed by atoms with van der Waals surface area (Å²) in [4.78, 5) is 11.3. The average molecular weight is 279 g/mol. The van der Waals surface area contributed by atoms with Crippen LogP contribution in [0, 0.1) is 11.8 Å². The summed E-state index contributed by atoms with van der Waals surface area (Å²) < 4.78 is 0. The van der Waals surface area contributed by atoms with E-state index < -0.39 is 12.0 Å². The minimum atomic E-state index is -0.724. The fourth-order valence-corrected chi connectivity index (χ4v) is 3.85. The summed E-state index contributed by atoms with van der Waals surface area (Å²) in [5.74, 6) is 1.14. The van der Waals surface area contributed by atoms with Gasteiger partial charge in [0.1, 0.15) is 6.04 Å². The maximum atomic E-state index is 11.3. The Labute approximate surface area is 117 Å². The highest BCUT2D eigenvalue weighted by molar-refractivity contribution is 5.73. The van der Waals surface area contributed by atoms with Crippen LogP contribution in [0.1, 0.15) is 44.3 Å². The second-order valence-electron chi connectivity index (χ2n) is 5.97. The van der Waals surface area contributed by atoms with Crippen molar-refractivity contribution in [1.82, 2.24) is 25.9 Å². The molecular weight excluding hydrogens is 258 g/mol. The van der Waals surface area contributed by atoms with Gasteiger partial charge in [-0.1, -0.05) is 24.5 Å². The largest absolute Gasteiger partial charge is 0.480 e. The van der Waals surface area contributed by atoms with Crippen LogP contribution in [0.5, 0.6) is 0 Å². The van der Waals surface area contributed by atoms with Gasteiger partial charge in [-0.2, -0.15) is 5.21 Å². The van der Waals surface area contributed by atoms with Gasteiger partial charge in [-0.05, 0) is 31.1 Å². The lowest BCUT2D eigenvalue weighted by molar-refractivity contribution is -0.141. The number of hydrogen-bond acceptors (Lipinski definition) is 5. The zero-order chi connectivity index (χ0) is 13.9. The van der Waals surface area contributed by atoms with Crippen molar-refractivity contribution < 1.29 is 9.90 Å². The Kier molecular flexibility index (Phi) is 3.95. The molecule has 3 rings (SSSR count). The molecule has 1 saturated heterocycles. The highest BCUT2D eigenvalue weighted by Crippen LogP contribution is 2.39. The van der Waals surface area contributed by atoms with Crippen LogP contribution in [-0.4, -0.2) is 43.8 Å². The van der Waals surface area contributed by atoms with E-state index in [9.17, 15) is 9.90 Å². The molecule has 3 N–H and O–H groups in total. The molecule has 1 saturated carbocycles. The van der Waals surface area contributed by atoms with Gasteiger partial charge in [-0.15, -0.1) is 10.2 Å². The van der Waals surface area contributed by atoms with E-state index in [1.54, 1.807) is 0 Å². The van der Waals surface area contributed by atoms with Crippen LogP contribution in [0.25, 0.3) is 0 Å². The minimum Gasteiger partial charge on any atom is -0.480 e. The van der Waals surface area contributed by atoms with Crippen molar-refractivity contribution in [2.24, 2.45) is 11.8 Å². The van der Waals surface area contributed by atoms with Gasteiger partial charge in [0.2, 0.25) is 0 Å². The monoisotopic (exact) mass is 279 g/mol. The number of nitrogens with one attached hydrogen (secondary N) is 2. The van der Waals surface area contributed by atoms with Gasteiger partial charge < -0.3 is 10.4 Å². The van der Waals surface area contributed by atoms with Crippen molar-refractivity contribution in [3.8, 4) is 0 Å². The van der Waals surface area contributed by atoms with Crippen molar-refractivity contribution in [3.63, 3.8) is 0 Å². The first-order chi connectivity index (χ1) is 9.74. The highest BCUT2D eigenvalue weighted by atomic mass is 16.4. The predicted molar refractivity (Wildman–Crippen MR) is 70.9 cm³/mol. The van der Waals surface area contributed by atoms with E-state index in [-0.39, 0.29) is 6.04 Å². The average Bonchev–Trinajstić information content (AvgIpc) is 2.97. The zero-order valence-electron chi connectivity index (χ0n) is 11.5. The lowest BCUT2D eigenvalue weighted by Gasteiger charge is -2.44. The molecule has 1 aromatic heterocycles. The molecule has 2 fully saturated rings. The Morgan fingerprint density at radius 1 is 1.35 bits per heavy atom. The Balaban J connectivity index is 1.66. The molecule has 0 amide bonds. The number of aliphatic carboxylic acids is 1. The summed E-state index contributed by atoms with van der Waals surface area (Å²) >= 11 is 0. The summed E-state index contributed by atoms with van der Waals surface area (Å²) in [6, 6.07) is -0.140. The fourth-order valence-electron chi connectivity index (χ4n) is 3.85. The van der Waals surface area contributed by atoms with E-state index in [0.717, 1.165) is 19.3 Å². The molecule has 7 heteroatoms. The minimum absolute atomic E-state index is 0.258. The fraction of sp³-hybridized carbons (Fsp3) is 0.846. The van der Waals surface area contributed by atoms with Gasteiger partial charge in [-0.3, -0.25) is 4.79 Å². The second kappa shape index (κ2) is 5.87. The van der Waals surface area contributed by atoms with Crippen LogP contribution < -0.4 is 5.32 Å². The van der Waals surface area contributed by atoms with E-state index in [2.05, 4.69) is 25.9 Å². The highest BCUT2D eigenvalue weighted by Gasteiger charge is 2.40. The molecule has 2 heterocycles. The van der Waals surface area contributed by atoms with Gasteiger partial charge in [0.15, 0.2) is 5.82 Å². The summed E-state index contributed by atoms with van der Waals surface area (Å²) in [7, 11) is 0. The van der Waals surface area contributed by atoms with Crippen molar-refractivity contribution in [2.45, 2.75) is 57.0 Å². The Bertz CT molecular complexity index is 450. The molecular formula is C13H21N5O2. The number of aromatic amines is 1. The third-order valence-corrected chi connectivity index (χ3v) is 4.80. The molecule has 1 aliphatic heterocycles. The molecule has 20 heavy (non-hydrogen) atoms. The number of rotatable bonds is 4. The number of carboxylic acid groups (broad SMARTS) is 1. The molecule has 0 bridgehead atoms. The van der Waals surface area contributed by atoms with Crippen molar-refractivity contribution in [2.75, 3.05) is 0 Å². The topological polar surface area (TPSA) is 104 Å². The number of carbonyl (C=O) groups is 1. The Hall–Kier alpha value is -1.50. The molecule has 0 radical (unpaired) electrons.